The van der Waals surface area contributed by atoms with Crippen molar-refractivity contribution in [1.82, 2.24) is 19.2 Å². The van der Waals surface area contributed by atoms with Crippen LogP contribution in [0.3, 0.4) is 0 Å². The molecule has 4 rings (SSSR count). The van der Waals surface area contributed by atoms with Gasteiger partial charge in [-0.2, -0.15) is 4.31 Å². The van der Waals surface area contributed by atoms with Crippen LogP contribution in [0.4, 0.5) is 0 Å². The maximum Gasteiger partial charge on any atom is 0.252 e. The third-order valence-electron chi connectivity index (χ3n) is 6.42. The summed E-state index contributed by atoms with van der Waals surface area (Å²) in [6.45, 7) is 3.76. The van der Waals surface area contributed by atoms with Crippen LogP contribution >= 0.6 is 11.6 Å². The van der Waals surface area contributed by atoms with Gasteiger partial charge in [-0.05, 0) is 54.8 Å². The minimum atomic E-state index is -3.78. The molecule has 0 atom stereocenters. The lowest BCUT2D eigenvalue weighted by Gasteiger charge is -2.44. The lowest BCUT2D eigenvalue weighted by Crippen LogP contribution is -2.60. The Balaban J connectivity index is 1.44. The number of piperidine rings is 1. The number of carbonyl (C=O) groups is 1. The maximum absolute atomic E-state index is 13.2. The molecule has 2 aliphatic heterocycles. The summed E-state index contributed by atoms with van der Waals surface area (Å²) in [7, 11) is -1.89. The quantitative estimate of drug-likeness (QED) is 0.540. The molecule has 2 fully saturated rings. The van der Waals surface area contributed by atoms with E-state index in [4.69, 9.17) is 17.0 Å². The molecule has 8 nitrogen and oxygen atoms in total. The number of nitrogens with one attached hydrogen (secondary N) is 1. The van der Waals surface area contributed by atoms with Crippen LogP contribution in [0.2, 0.25) is 5.02 Å². The smallest absolute Gasteiger partial charge is 0.252 e. The van der Waals surface area contributed by atoms with Crippen molar-refractivity contribution in [3.8, 4) is 0 Å². The Kier molecular flexibility index (Phi) is 6.44. The van der Waals surface area contributed by atoms with Gasteiger partial charge in [0.15, 0.2) is 0 Å². The molecule has 0 saturated carbocycles. The number of halogens is 1. The molecule has 0 spiro atoms. The first-order valence-electron chi connectivity index (χ1n) is 10.7. The Morgan fingerprint density at radius 1 is 1.06 bits per heavy atom. The van der Waals surface area contributed by atoms with Gasteiger partial charge in [-0.15, -0.1) is 0 Å². The standard InChI is InChI=1S/C22H28ClN5O3S/c1-16(24)26-9-7-20(8-10-26)25(2)28-12-11-27(15-22(28)29)32(30,31)21-6-4-17-13-19(23)5-3-18(17)14-21/h3-6,13-14,20,24H,7-12,15H2,1-2H3. The van der Waals surface area contributed by atoms with E-state index in [0.717, 1.165) is 36.7 Å². The second kappa shape index (κ2) is 8.97. The van der Waals surface area contributed by atoms with E-state index in [1.165, 1.54) is 4.31 Å². The molecule has 2 heterocycles. The van der Waals surface area contributed by atoms with Crippen LogP contribution in [0, 0.1) is 5.41 Å². The fraction of sp³-hybridized carbons (Fsp3) is 0.455. The Bertz CT molecular complexity index is 1150. The van der Waals surface area contributed by atoms with Crippen molar-refractivity contribution in [2.24, 2.45) is 0 Å². The minimum absolute atomic E-state index is 0.177. The van der Waals surface area contributed by atoms with Crippen molar-refractivity contribution >= 4 is 44.1 Å². The topological polar surface area (TPSA) is 88.0 Å². The van der Waals surface area contributed by atoms with Gasteiger partial charge in [0.25, 0.3) is 5.91 Å². The van der Waals surface area contributed by atoms with Gasteiger partial charge in [0.05, 0.1) is 23.8 Å². The first-order chi connectivity index (χ1) is 15.2. The van der Waals surface area contributed by atoms with Crippen LogP contribution < -0.4 is 0 Å². The minimum Gasteiger partial charge on any atom is -0.361 e. The number of likely N-dealkylation sites (tertiary alicyclic amines) is 1. The average Bonchev–Trinajstić information content (AvgIpc) is 2.78. The Morgan fingerprint density at radius 2 is 1.72 bits per heavy atom. The van der Waals surface area contributed by atoms with E-state index in [-0.39, 0.29) is 29.9 Å². The summed E-state index contributed by atoms with van der Waals surface area (Å²) >= 11 is 6.02. The van der Waals surface area contributed by atoms with Gasteiger partial charge in [-0.1, -0.05) is 23.7 Å². The first-order valence-corrected chi connectivity index (χ1v) is 12.5. The highest BCUT2D eigenvalue weighted by atomic mass is 35.5. The highest BCUT2D eigenvalue weighted by Gasteiger charge is 2.36. The average molecular weight is 478 g/mol. The zero-order valence-corrected chi connectivity index (χ0v) is 19.9. The van der Waals surface area contributed by atoms with Crippen LogP contribution in [0.5, 0.6) is 0 Å². The number of benzene rings is 2. The Morgan fingerprint density at radius 3 is 2.38 bits per heavy atom. The fourth-order valence-corrected chi connectivity index (χ4v) is 6.05. The summed E-state index contributed by atoms with van der Waals surface area (Å²) in [4.78, 5) is 15.1. The highest BCUT2D eigenvalue weighted by molar-refractivity contribution is 7.89. The third kappa shape index (κ3) is 4.47. The monoisotopic (exact) mass is 477 g/mol. The van der Waals surface area contributed by atoms with E-state index in [0.29, 0.717) is 17.4 Å². The van der Waals surface area contributed by atoms with Crippen LogP contribution in [-0.4, -0.2) is 85.2 Å². The number of hydrogen-bond donors (Lipinski definition) is 1. The summed E-state index contributed by atoms with van der Waals surface area (Å²) in [5, 5.41) is 13.7. The summed E-state index contributed by atoms with van der Waals surface area (Å²) in [6, 6.07) is 10.4. The van der Waals surface area contributed by atoms with Crippen LogP contribution in [0.15, 0.2) is 41.3 Å². The van der Waals surface area contributed by atoms with Gasteiger partial charge < -0.3 is 4.90 Å². The van der Waals surface area contributed by atoms with Crippen LogP contribution in [0.1, 0.15) is 19.8 Å². The molecule has 172 valence electrons. The normalized spacial score (nSPS) is 19.2. The largest absolute Gasteiger partial charge is 0.361 e. The molecule has 1 N–H and O–H groups in total. The van der Waals surface area contributed by atoms with Crippen LogP contribution in [-0.2, 0) is 14.8 Å². The van der Waals surface area contributed by atoms with E-state index >= 15 is 0 Å². The number of rotatable bonds is 4. The number of amides is 1. The Labute approximate surface area is 193 Å². The molecule has 2 aromatic carbocycles. The lowest BCUT2D eigenvalue weighted by molar-refractivity contribution is -0.157. The van der Waals surface area contributed by atoms with Gasteiger partial charge in [0.1, 0.15) is 0 Å². The van der Waals surface area contributed by atoms with Crippen LogP contribution in [0.25, 0.3) is 10.8 Å². The zero-order chi connectivity index (χ0) is 23.0. The summed E-state index contributed by atoms with van der Waals surface area (Å²) < 4.78 is 27.7. The molecule has 0 aliphatic carbocycles. The van der Waals surface area contributed by atoms with Gasteiger partial charge in [-0.25, -0.2) is 13.4 Å². The first kappa shape index (κ1) is 23.0. The number of amidine groups is 1. The van der Waals surface area contributed by atoms with Gasteiger partial charge in [0.2, 0.25) is 10.0 Å². The number of carbonyl (C=O) groups excluding carboxylic acids is 1. The molecule has 0 bridgehead atoms. The fourth-order valence-electron chi connectivity index (χ4n) is 4.46. The van der Waals surface area contributed by atoms with E-state index in [2.05, 4.69) is 0 Å². The zero-order valence-electron chi connectivity index (χ0n) is 18.3. The SMILES string of the molecule is CC(=N)N1CCC(N(C)N2CCN(S(=O)(=O)c3ccc4cc(Cl)ccc4c3)CC2=O)CC1. The molecule has 2 aromatic rings. The van der Waals surface area contributed by atoms with Crippen molar-refractivity contribution in [2.45, 2.75) is 30.7 Å². The number of nitrogens with zero attached hydrogens (tertiary/aromatic N) is 4. The molecule has 0 unspecified atom stereocenters. The third-order valence-corrected chi connectivity index (χ3v) is 8.50. The van der Waals surface area contributed by atoms with Crippen molar-refractivity contribution in [3.63, 3.8) is 0 Å². The maximum atomic E-state index is 13.2. The number of hydrogen-bond acceptors (Lipinski definition) is 5. The number of fused-ring (bicyclic) bond motifs is 1. The van der Waals surface area contributed by atoms with E-state index < -0.39 is 10.0 Å². The Hall–Kier alpha value is -2.20. The molecule has 32 heavy (non-hydrogen) atoms. The summed E-state index contributed by atoms with van der Waals surface area (Å²) in [5.74, 6) is 0.346. The van der Waals surface area contributed by atoms with Crippen molar-refractivity contribution in [2.75, 3.05) is 39.8 Å². The predicted molar refractivity (Wildman–Crippen MR) is 125 cm³/mol. The predicted octanol–water partition coefficient (Wildman–Crippen LogP) is 2.63. The molecular formula is C22H28ClN5O3S. The molecule has 1 amide bonds. The van der Waals surface area contributed by atoms with Crippen molar-refractivity contribution < 1.29 is 13.2 Å². The molecule has 2 aliphatic rings. The lowest BCUT2D eigenvalue weighted by atomic mass is 10.0. The van der Waals surface area contributed by atoms with E-state index in [9.17, 15) is 13.2 Å². The summed E-state index contributed by atoms with van der Waals surface area (Å²) in [6.07, 6.45) is 1.72. The number of piperazine rings is 1. The molecule has 2 saturated heterocycles. The van der Waals surface area contributed by atoms with Crippen molar-refractivity contribution in [3.05, 3.63) is 41.4 Å². The summed E-state index contributed by atoms with van der Waals surface area (Å²) in [5.41, 5.74) is 0. The van der Waals surface area contributed by atoms with Gasteiger partial charge in [0, 0.05) is 37.7 Å². The molecular weight excluding hydrogens is 450 g/mol. The molecule has 10 heteroatoms. The number of hydrazine groups is 1. The molecule has 0 aromatic heterocycles. The van der Waals surface area contributed by atoms with E-state index in [1.807, 2.05) is 17.0 Å². The number of sulfonamides is 1. The second-order valence-electron chi connectivity index (χ2n) is 8.39. The molecule has 0 radical (unpaired) electrons. The van der Waals surface area contributed by atoms with E-state index in [1.54, 1.807) is 48.3 Å². The second-order valence-corrected chi connectivity index (χ2v) is 10.8. The van der Waals surface area contributed by atoms with Gasteiger partial charge >= 0.3 is 0 Å². The highest BCUT2D eigenvalue weighted by Crippen LogP contribution is 2.26. The van der Waals surface area contributed by atoms with Gasteiger partial charge in [-0.3, -0.25) is 15.2 Å². The van der Waals surface area contributed by atoms with Crippen molar-refractivity contribution in [1.29, 1.82) is 5.41 Å².